The summed E-state index contributed by atoms with van der Waals surface area (Å²) in [5.74, 6) is 0.992. The average molecular weight is 384 g/mol. The Morgan fingerprint density at radius 2 is 2.04 bits per heavy atom. The van der Waals surface area contributed by atoms with Crippen molar-refractivity contribution >= 4 is 22.6 Å². The van der Waals surface area contributed by atoms with Gasteiger partial charge in [-0.1, -0.05) is 12.1 Å². The molecule has 0 radical (unpaired) electrons. The number of carbonyl (C=O) groups excluding carboxylic acids is 2. The third-order valence-electron chi connectivity index (χ3n) is 5.68. The number of benzene rings is 1. The molecule has 0 spiro atoms. The molecule has 1 N–H and O–H groups in total. The normalized spacial score (nSPS) is 17.5. The van der Waals surface area contributed by atoms with Crippen LogP contribution in [0.1, 0.15) is 49.5 Å². The van der Waals surface area contributed by atoms with Crippen LogP contribution in [0.3, 0.4) is 0 Å². The molecule has 1 aromatic carbocycles. The first-order chi connectivity index (χ1) is 13.6. The van der Waals surface area contributed by atoms with Gasteiger partial charge in [-0.25, -0.2) is 0 Å². The van der Waals surface area contributed by atoms with Crippen molar-refractivity contribution < 1.29 is 14.3 Å². The Kier molecular flexibility index (Phi) is 5.62. The van der Waals surface area contributed by atoms with Gasteiger partial charge < -0.3 is 15.0 Å². The summed E-state index contributed by atoms with van der Waals surface area (Å²) in [5.41, 5.74) is 1.53. The summed E-state index contributed by atoms with van der Waals surface area (Å²) in [5, 5.41) is 8.47. The molecule has 7 nitrogen and oxygen atoms in total. The maximum Gasteiger partial charge on any atom is 0.217 e. The first-order valence-corrected chi connectivity index (χ1v) is 10.3. The number of piperidine rings is 1. The van der Waals surface area contributed by atoms with E-state index in [1.807, 2.05) is 22.9 Å². The lowest BCUT2D eigenvalue weighted by Gasteiger charge is -2.32. The first-order valence-electron chi connectivity index (χ1n) is 10.3. The second kappa shape index (κ2) is 8.31. The van der Waals surface area contributed by atoms with Crippen molar-refractivity contribution in [2.45, 2.75) is 51.6 Å². The molecule has 1 saturated heterocycles. The van der Waals surface area contributed by atoms with Crippen LogP contribution in [-0.2, 0) is 11.3 Å². The van der Waals surface area contributed by atoms with E-state index in [4.69, 9.17) is 4.74 Å². The summed E-state index contributed by atoms with van der Waals surface area (Å²) in [4.78, 5) is 26.3. The average Bonchev–Trinajstić information content (AvgIpc) is 3.07. The van der Waals surface area contributed by atoms with E-state index < -0.39 is 0 Å². The van der Waals surface area contributed by atoms with Gasteiger partial charge in [0, 0.05) is 37.9 Å². The number of Topliss-reactive ketones (excluding diaryl/α,β-unsaturated/α-hetero) is 1. The van der Waals surface area contributed by atoms with Gasteiger partial charge >= 0.3 is 0 Å². The zero-order valence-electron chi connectivity index (χ0n) is 16.4. The van der Waals surface area contributed by atoms with Crippen LogP contribution in [0.25, 0.3) is 10.9 Å². The van der Waals surface area contributed by atoms with Gasteiger partial charge in [0.2, 0.25) is 5.91 Å². The summed E-state index contributed by atoms with van der Waals surface area (Å²) >= 11 is 0. The molecular formula is C21H28N4O3. The van der Waals surface area contributed by atoms with Crippen LogP contribution in [-0.4, -0.2) is 58.7 Å². The minimum atomic E-state index is 0.0565. The fraction of sp³-hybridized carbons (Fsp3) is 0.571. The molecule has 0 atom stereocenters. The van der Waals surface area contributed by atoms with Crippen molar-refractivity contribution in [2.24, 2.45) is 0 Å². The number of para-hydroxylation sites is 1. The number of unbranched alkanes of at least 4 members (excludes halogenated alkanes) is 1. The second-order valence-corrected chi connectivity index (χ2v) is 7.77. The van der Waals surface area contributed by atoms with Crippen molar-refractivity contribution in [1.29, 1.82) is 0 Å². The standard InChI is InChI=1S/C21H28N4O3/c1-15(26)22-16-8-11-24(12-9-16)10-3-2-6-18(27)20-17-5-4-7-19-21(17)25(23-20)13-14-28-19/h4-5,7,16H,2-3,6,8-14H2,1H3,(H,22,26). The lowest BCUT2D eigenvalue weighted by atomic mass is 10.0. The Morgan fingerprint density at radius 1 is 1.21 bits per heavy atom. The molecular weight excluding hydrogens is 356 g/mol. The van der Waals surface area contributed by atoms with Crippen molar-refractivity contribution in [1.82, 2.24) is 20.0 Å². The summed E-state index contributed by atoms with van der Waals surface area (Å²) in [6.45, 7) is 5.89. The first kappa shape index (κ1) is 18.9. The third-order valence-corrected chi connectivity index (χ3v) is 5.68. The fourth-order valence-corrected chi connectivity index (χ4v) is 4.26. The van der Waals surface area contributed by atoms with Crippen LogP contribution in [0.15, 0.2) is 18.2 Å². The molecule has 1 fully saturated rings. The van der Waals surface area contributed by atoms with Gasteiger partial charge in [0.1, 0.15) is 23.6 Å². The van der Waals surface area contributed by atoms with E-state index in [1.165, 1.54) is 0 Å². The van der Waals surface area contributed by atoms with E-state index >= 15 is 0 Å². The highest BCUT2D eigenvalue weighted by molar-refractivity contribution is 6.07. The Morgan fingerprint density at radius 3 is 2.82 bits per heavy atom. The Bertz CT molecular complexity index is 868. The topological polar surface area (TPSA) is 76.5 Å². The predicted octanol–water partition coefficient (Wildman–Crippen LogP) is 2.38. The highest BCUT2D eigenvalue weighted by atomic mass is 16.5. The van der Waals surface area contributed by atoms with E-state index in [2.05, 4.69) is 15.3 Å². The maximum atomic E-state index is 12.7. The quantitative estimate of drug-likeness (QED) is 0.586. The summed E-state index contributed by atoms with van der Waals surface area (Å²) in [6, 6.07) is 6.14. The molecule has 0 saturated carbocycles. The number of amides is 1. The minimum Gasteiger partial charge on any atom is -0.489 e. The molecule has 1 amide bonds. The monoisotopic (exact) mass is 384 g/mol. The molecule has 4 rings (SSSR count). The molecule has 2 aliphatic rings. The van der Waals surface area contributed by atoms with Crippen LogP contribution in [0.5, 0.6) is 5.75 Å². The highest BCUT2D eigenvalue weighted by Crippen LogP contribution is 2.31. The third kappa shape index (κ3) is 4.04. The molecule has 1 aromatic heterocycles. The van der Waals surface area contributed by atoms with E-state index in [1.54, 1.807) is 6.92 Å². The zero-order valence-corrected chi connectivity index (χ0v) is 16.4. The smallest absolute Gasteiger partial charge is 0.217 e. The van der Waals surface area contributed by atoms with Crippen molar-refractivity contribution in [3.8, 4) is 5.75 Å². The summed E-state index contributed by atoms with van der Waals surface area (Å²) in [7, 11) is 0. The minimum absolute atomic E-state index is 0.0565. The number of hydrogen-bond acceptors (Lipinski definition) is 5. The van der Waals surface area contributed by atoms with Gasteiger partial charge in [-0.15, -0.1) is 0 Å². The van der Waals surface area contributed by atoms with E-state index in [-0.39, 0.29) is 11.7 Å². The molecule has 28 heavy (non-hydrogen) atoms. The number of ketones is 1. The molecule has 2 aliphatic heterocycles. The number of nitrogens with one attached hydrogen (secondary N) is 1. The highest BCUT2D eigenvalue weighted by Gasteiger charge is 2.22. The Labute approximate surface area is 165 Å². The maximum absolute atomic E-state index is 12.7. The molecule has 0 aliphatic carbocycles. The zero-order chi connectivity index (χ0) is 19.5. The fourth-order valence-electron chi connectivity index (χ4n) is 4.26. The molecule has 150 valence electrons. The van der Waals surface area contributed by atoms with E-state index in [0.29, 0.717) is 31.3 Å². The summed E-state index contributed by atoms with van der Waals surface area (Å²) in [6.07, 6.45) is 4.41. The summed E-state index contributed by atoms with van der Waals surface area (Å²) < 4.78 is 7.59. The Balaban J connectivity index is 1.26. The number of rotatable bonds is 7. The number of ether oxygens (including phenoxy) is 1. The number of hydrogen-bond donors (Lipinski definition) is 1. The Hall–Kier alpha value is -2.41. The SMILES string of the molecule is CC(=O)NC1CCN(CCCCC(=O)c2nn3c4c(cccc24)OCC3)CC1. The van der Waals surface area contributed by atoms with Crippen LogP contribution >= 0.6 is 0 Å². The van der Waals surface area contributed by atoms with Gasteiger partial charge in [0.05, 0.1) is 6.54 Å². The molecule has 0 bridgehead atoms. The van der Waals surface area contributed by atoms with Gasteiger partial charge in [0.25, 0.3) is 0 Å². The second-order valence-electron chi connectivity index (χ2n) is 7.77. The van der Waals surface area contributed by atoms with Gasteiger partial charge in [-0.2, -0.15) is 5.10 Å². The van der Waals surface area contributed by atoms with Gasteiger partial charge in [0.15, 0.2) is 5.78 Å². The lowest BCUT2D eigenvalue weighted by Crippen LogP contribution is -2.44. The number of likely N-dealkylation sites (tertiary alicyclic amines) is 1. The number of aromatic nitrogens is 2. The number of nitrogens with zero attached hydrogens (tertiary/aromatic N) is 3. The van der Waals surface area contributed by atoms with E-state index in [9.17, 15) is 9.59 Å². The molecule has 3 heterocycles. The van der Waals surface area contributed by atoms with Gasteiger partial charge in [-0.05, 0) is 38.3 Å². The van der Waals surface area contributed by atoms with Gasteiger partial charge in [-0.3, -0.25) is 14.3 Å². The molecule has 0 unspecified atom stereocenters. The van der Waals surface area contributed by atoms with Crippen LogP contribution in [0.4, 0.5) is 0 Å². The molecule has 2 aromatic rings. The van der Waals surface area contributed by atoms with Crippen molar-refractivity contribution in [2.75, 3.05) is 26.2 Å². The van der Waals surface area contributed by atoms with Crippen molar-refractivity contribution in [3.63, 3.8) is 0 Å². The van der Waals surface area contributed by atoms with E-state index in [0.717, 1.165) is 62.0 Å². The van der Waals surface area contributed by atoms with Crippen LogP contribution in [0, 0.1) is 0 Å². The van der Waals surface area contributed by atoms with Crippen molar-refractivity contribution in [3.05, 3.63) is 23.9 Å². The van der Waals surface area contributed by atoms with Crippen LogP contribution < -0.4 is 10.1 Å². The lowest BCUT2D eigenvalue weighted by molar-refractivity contribution is -0.119. The molecule has 7 heteroatoms. The number of carbonyl (C=O) groups is 2. The van der Waals surface area contributed by atoms with Crippen LogP contribution in [0.2, 0.25) is 0 Å². The predicted molar refractivity (Wildman–Crippen MR) is 107 cm³/mol. The largest absolute Gasteiger partial charge is 0.489 e.